The van der Waals surface area contributed by atoms with E-state index in [2.05, 4.69) is 15.3 Å². The smallest absolute Gasteiger partial charge is 0.372 e. The van der Waals surface area contributed by atoms with Crippen LogP contribution in [-0.4, -0.2) is 33.6 Å². The van der Waals surface area contributed by atoms with E-state index in [1.54, 1.807) is 12.1 Å². The molecule has 9 nitrogen and oxygen atoms in total. The average Bonchev–Trinajstić information content (AvgIpc) is 2.68. The summed E-state index contributed by atoms with van der Waals surface area (Å²) in [7, 11) is 0. The van der Waals surface area contributed by atoms with Gasteiger partial charge in [0, 0.05) is 11.6 Å². The lowest BCUT2D eigenvalue weighted by atomic mass is 10.2. The highest BCUT2D eigenvalue weighted by atomic mass is 35.5. The van der Waals surface area contributed by atoms with E-state index in [1.165, 1.54) is 12.1 Å². The Morgan fingerprint density at radius 1 is 1.24 bits per heavy atom. The molecule has 0 aliphatic carbocycles. The van der Waals surface area contributed by atoms with Gasteiger partial charge in [0.05, 0.1) is 16.6 Å². The number of rotatable bonds is 2. The molecule has 0 unspecified atom stereocenters. The Balaban J connectivity index is 0.000000202. The highest BCUT2D eigenvalue weighted by Gasteiger charge is 2.15. The van der Waals surface area contributed by atoms with Gasteiger partial charge in [0.15, 0.2) is 6.61 Å². The first-order valence-corrected chi connectivity index (χ1v) is 8.43. The number of carbonyl (C=O) groups excluding carboxylic acids is 1. The summed E-state index contributed by atoms with van der Waals surface area (Å²) in [5, 5.41) is 12.0. The standard InChI is InChI=1S/C9H5ClN2O3.C9H10N2O2.ClH/c10-4-1-2-6-5(3-4)8(13)12-7(11-6)9(14)15;10-4-6-1-2-7-8(3-6)13-5-9(12)11-7;/h1-3H,(H,14,15)(H,11,12,13);1-3H,4-5,10H2,(H,11,12);1H. The Morgan fingerprint density at radius 3 is 2.69 bits per heavy atom. The number of carboxylic acid groups (broad SMARTS) is 1. The number of carbonyl (C=O) groups is 2. The predicted molar refractivity (Wildman–Crippen MR) is 110 cm³/mol. The van der Waals surface area contributed by atoms with E-state index in [0.29, 0.717) is 28.5 Å². The number of hydrogen-bond donors (Lipinski definition) is 4. The van der Waals surface area contributed by atoms with Crippen LogP contribution in [-0.2, 0) is 11.3 Å². The predicted octanol–water partition coefficient (Wildman–Crippen LogP) is 2.17. The van der Waals surface area contributed by atoms with E-state index < -0.39 is 11.5 Å². The van der Waals surface area contributed by atoms with Gasteiger partial charge in [0.25, 0.3) is 11.5 Å². The number of H-pyrrole nitrogens is 1. The number of nitrogens with two attached hydrogens (primary N) is 1. The Hall–Kier alpha value is -3.14. The second kappa shape index (κ2) is 9.37. The maximum atomic E-state index is 11.4. The minimum absolute atomic E-state index is 0. The van der Waals surface area contributed by atoms with Crippen LogP contribution in [0.15, 0.2) is 41.2 Å². The molecular formula is C18H16Cl2N4O5. The maximum absolute atomic E-state index is 11.4. The van der Waals surface area contributed by atoms with Gasteiger partial charge in [-0.1, -0.05) is 17.7 Å². The molecule has 1 aromatic heterocycles. The van der Waals surface area contributed by atoms with Crippen LogP contribution in [0.5, 0.6) is 5.75 Å². The summed E-state index contributed by atoms with van der Waals surface area (Å²) in [5.41, 5.74) is 6.97. The summed E-state index contributed by atoms with van der Waals surface area (Å²) in [6.45, 7) is 0.561. The summed E-state index contributed by atoms with van der Waals surface area (Å²) in [6, 6.07) is 9.99. The van der Waals surface area contributed by atoms with Crippen LogP contribution in [0.4, 0.5) is 5.69 Å². The summed E-state index contributed by atoms with van der Waals surface area (Å²) in [6.07, 6.45) is 0. The van der Waals surface area contributed by atoms with Crippen molar-refractivity contribution in [3.63, 3.8) is 0 Å². The zero-order valence-electron chi connectivity index (χ0n) is 14.8. The topological polar surface area (TPSA) is 147 Å². The number of fused-ring (bicyclic) bond motifs is 2. The van der Waals surface area contributed by atoms with Crippen LogP contribution in [0.3, 0.4) is 0 Å². The molecule has 0 radical (unpaired) electrons. The fourth-order valence-corrected chi connectivity index (χ4v) is 2.63. The van der Waals surface area contributed by atoms with E-state index >= 15 is 0 Å². The molecule has 0 saturated heterocycles. The molecule has 1 aliphatic heterocycles. The molecule has 0 bridgehead atoms. The number of carboxylic acids is 1. The summed E-state index contributed by atoms with van der Waals surface area (Å²) >= 11 is 5.70. The van der Waals surface area contributed by atoms with E-state index in [4.69, 9.17) is 27.2 Å². The van der Waals surface area contributed by atoms with Crippen LogP contribution in [0.1, 0.15) is 16.2 Å². The quantitative estimate of drug-likeness (QED) is 0.478. The number of ether oxygens (including phenoxy) is 1. The number of nitrogens with zero attached hydrogens (tertiary/aromatic N) is 1. The number of halogens is 2. The second-order valence-electron chi connectivity index (χ2n) is 5.75. The Bertz CT molecular complexity index is 1130. The lowest BCUT2D eigenvalue weighted by molar-refractivity contribution is -0.118. The minimum atomic E-state index is -1.27. The van der Waals surface area contributed by atoms with Gasteiger partial charge < -0.3 is 25.9 Å². The number of aromatic carboxylic acids is 1. The average molecular weight is 439 g/mol. The number of nitrogens with one attached hydrogen (secondary N) is 2. The fourth-order valence-electron chi connectivity index (χ4n) is 2.46. The van der Waals surface area contributed by atoms with Gasteiger partial charge in [0.2, 0.25) is 5.82 Å². The molecule has 29 heavy (non-hydrogen) atoms. The van der Waals surface area contributed by atoms with Gasteiger partial charge in [0.1, 0.15) is 5.75 Å². The van der Waals surface area contributed by atoms with Gasteiger partial charge in [-0.05, 0) is 35.9 Å². The molecule has 0 atom stereocenters. The van der Waals surface area contributed by atoms with Crippen LogP contribution in [0, 0.1) is 0 Å². The molecule has 0 fully saturated rings. The Morgan fingerprint density at radius 2 is 2.00 bits per heavy atom. The fraction of sp³-hybridized carbons (Fsp3) is 0.111. The van der Waals surface area contributed by atoms with Crippen LogP contribution in [0.25, 0.3) is 10.9 Å². The van der Waals surface area contributed by atoms with Crippen molar-refractivity contribution < 1.29 is 19.4 Å². The molecule has 11 heteroatoms. The molecular weight excluding hydrogens is 423 g/mol. The molecule has 2 aromatic carbocycles. The molecule has 2 heterocycles. The van der Waals surface area contributed by atoms with Gasteiger partial charge in [-0.25, -0.2) is 9.78 Å². The van der Waals surface area contributed by atoms with Crippen molar-refractivity contribution in [1.29, 1.82) is 0 Å². The molecule has 0 saturated carbocycles. The zero-order chi connectivity index (χ0) is 20.3. The summed E-state index contributed by atoms with van der Waals surface area (Å²) < 4.78 is 5.21. The monoisotopic (exact) mass is 438 g/mol. The third kappa shape index (κ3) is 5.23. The normalized spacial score (nSPS) is 11.9. The van der Waals surface area contributed by atoms with Crippen molar-refractivity contribution in [1.82, 2.24) is 9.97 Å². The molecule has 5 N–H and O–H groups in total. The first kappa shape index (κ1) is 22.2. The number of amides is 1. The number of aromatic nitrogens is 2. The lowest BCUT2D eigenvalue weighted by Crippen LogP contribution is -2.25. The zero-order valence-corrected chi connectivity index (χ0v) is 16.3. The van der Waals surface area contributed by atoms with Crippen molar-refractivity contribution in [3.8, 4) is 5.75 Å². The van der Waals surface area contributed by atoms with Crippen molar-refractivity contribution in [2.45, 2.75) is 6.54 Å². The van der Waals surface area contributed by atoms with Gasteiger partial charge in [-0.15, -0.1) is 12.4 Å². The van der Waals surface area contributed by atoms with Crippen LogP contribution < -0.4 is 21.3 Å². The molecule has 3 aromatic rings. The van der Waals surface area contributed by atoms with E-state index in [-0.39, 0.29) is 36.1 Å². The summed E-state index contributed by atoms with van der Waals surface area (Å²) in [5.74, 6) is -1.07. The van der Waals surface area contributed by atoms with Crippen LogP contribution in [0.2, 0.25) is 5.02 Å². The third-order valence-corrected chi connectivity index (χ3v) is 4.02. The summed E-state index contributed by atoms with van der Waals surface area (Å²) in [4.78, 5) is 38.9. The second-order valence-corrected chi connectivity index (χ2v) is 6.19. The molecule has 4 rings (SSSR count). The molecule has 152 valence electrons. The number of aromatic amines is 1. The van der Waals surface area contributed by atoms with E-state index in [0.717, 1.165) is 5.56 Å². The third-order valence-electron chi connectivity index (χ3n) is 3.78. The largest absolute Gasteiger partial charge is 0.482 e. The Labute approximate surface area is 175 Å². The number of anilines is 1. The first-order valence-electron chi connectivity index (χ1n) is 8.06. The molecule has 0 spiro atoms. The van der Waals surface area contributed by atoms with Crippen molar-refractivity contribution >= 4 is 52.5 Å². The Kier molecular flexibility index (Phi) is 7.16. The molecule has 1 aliphatic rings. The van der Waals surface area contributed by atoms with Crippen molar-refractivity contribution in [2.75, 3.05) is 11.9 Å². The molecule has 1 amide bonds. The van der Waals surface area contributed by atoms with E-state index in [9.17, 15) is 14.4 Å². The van der Waals surface area contributed by atoms with Crippen LogP contribution >= 0.6 is 24.0 Å². The van der Waals surface area contributed by atoms with Gasteiger partial charge in [-0.3, -0.25) is 9.59 Å². The highest BCUT2D eigenvalue weighted by molar-refractivity contribution is 6.31. The van der Waals surface area contributed by atoms with Crippen molar-refractivity contribution in [3.05, 3.63) is 63.2 Å². The van der Waals surface area contributed by atoms with Crippen molar-refractivity contribution in [2.24, 2.45) is 5.73 Å². The highest BCUT2D eigenvalue weighted by Crippen LogP contribution is 2.28. The minimum Gasteiger partial charge on any atom is -0.482 e. The van der Waals surface area contributed by atoms with Gasteiger partial charge >= 0.3 is 5.97 Å². The SMILES string of the molecule is Cl.NCc1ccc2c(c1)OCC(=O)N2.O=C(O)c1nc2ccc(Cl)cc2c(=O)[nH]1. The number of benzene rings is 2. The van der Waals surface area contributed by atoms with Gasteiger partial charge in [-0.2, -0.15) is 0 Å². The lowest BCUT2D eigenvalue weighted by Gasteiger charge is -2.18. The number of hydrogen-bond acceptors (Lipinski definition) is 6. The first-order chi connectivity index (χ1) is 13.4. The van der Waals surface area contributed by atoms with E-state index in [1.807, 2.05) is 12.1 Å². The maximum Gasteiger partial charge on any atom is 0.372 e.